The third-order valence-electron chi connectivity index (χ3n) is 4.68. The molecule has 6 nitrogen and oxygen atoms in total. The first kappa shape index (κ1) is 18.6. The zero-order valence-electron chi connectivity index (χ0n) is 14.6. The summed E-state index contributed by atoms with van der Waals surface area (Å²) < 4.78 is 33.2. The highest BCUT2D eigenvalue weighted by Gasteiger charge is 2.34. The summed E-state index contributed by atoms with van der Waals surface area (Å²) in [7, 11) is -3.63. The summed E-state index contributed by atoms with van der Waals surface area (Å²) in [6, 6.07) is 8.79. The normalized spacial score (nSPS) is 18.7. The molecule has 1 saturated heterocycles. The van der Waals surface area contributed by atoms with Crippen molar-refractivity contribution in [1.29, 1.82) is 0 Å². The molecule has 1 atom stereocenters. The number of halogens is 1. The van der Waals surface area contributed by atoms with E-state index in [-0.39, 0.29) is 10.8 Å². The Hall–Kier alpha value is -1.74. The fourth-order valence-corrected chi connectivity index (χ4v) is 5.92. The van der Waals surface area contributed by atoms with E-state index in [2.05, 4.69) is 10.1 Å². The number of thiophene rings is 1. The van der Waals surface area contributed by atoms with Crippen molar-refractivity contribution in [3.8, 4) is 10.7 Å². The lowest BCUT2D eigenvalue weighted by Crippen LogP contribution is -2.39. The molecule has 142 valence electrons. The van der Waals surface area contributed by atoms with E-state index in [9.17, 15) is 8.42 Å². The first-order chi connectivity index (χ1) is 12.9. The van der Waals surface area contributed by atoms with Gasteiger partial charge in [0.15, 0.2) is 0 Å². The quantitative estimate of drug-likeness (QED) is 0.624. The third-order valence-corrected chi connectivity index (χ3v) is 7.79. The number of hydrogen-bond acceptors (Lipinski definition) is 6. The smallest absolute Gasteiger partial charge is 0.243 e. The fraction of sp³-hybridized carbons (Fsp3) is 0.333. The minimum absolute atomic E-state index is 0.116. The molecule has 0 spiro atoms. The summed E-state index contributed by atoms with van der Waals surface area (Å²) in [5.41, 5.74) is 0.680. The van der Waals surface area contributed by atoms with E-state index < -0.39 is 10.0 Å². The molecule has 0 unspecified atom stereocenters. The number of aryl methyl sites for hydroxylation is 1. The Balaban J connectivity index is 1.59. The second kappa shape index (κ2) is 7.35. The average molecular weight is 424 g/mol. The summed E-state index contributed by atoms with van der Waals surface area (Å²) in [6.07, 6.45) is 1.55. The maximum Gasteiger partial charge on any atom is 0.243 e. The summed E-state index contributed by atoms with van der Waals surface area (Å²) in [4.78, 5) is 5.67. The largest absolute Gasteiger partial charge is 0.339 e. The lowest BCUT2D eigenvalue weighted by molar-refractivity contribution is 0.265. The molecule has 3 aromatic rings. The number of rotatable bonds is 4. The molecule has 3 heterocycles. The maximum atomic E-state index is 13.1. The molecule has 1 fully saturated rings. The Morgan fingerprint density at radius 2 is 2.19 bits per heavy atom. The molecule has 4 rings (SSSR count). The Bertz CT molecular complexity index is 1050. The van der Waals surface area contributed by atoms with Gasteiger partial charge in [-0.1, -0.05) is 28.9 Å². The zero-order valence-corrected chi connectivity index (χ0v) is 17.0. The van der Waals surface area contributed by atoms with Crippen molar-refractivity contribution < 1.29 is 12.9 Å². The van der Waals surface area contributed by atoms with Gasteiger partial charge >= 0.3 is 0 Å². The number of sulfonamides is 1. The van der Waals surface area contributed by atoms with Gasteiger partial charge in [0.1, 0.15) is 0 Å². The molecule has 0 radical (unpaired) electrons. The van der Waals surface area contributed by atoms with Gasteiger partial charge in [-0.15, -0.1) is 11.3 Å². The zero-order chi connectivity index (χ0) is 19.0. The SMILES string of the molecule is Cc1ccc(Cl)cc1S(=O)(=O)N1CCC[C@@H](c2nc(-c3cccs3)no2)C1. The van der Waals surface area contributed by atoms with Crippen molar-refractivity contribution in [2.75, 3.05) is 13.1 Å². The Labute approximate surface area is 166 Å². The molecule has 0 aliphatic carbocycles. The van der Waals surface area contributed by atoms with Crippen molar-refractivity contribution >= 4 is 33.0 Å². The summed E-state index contributed by atoms with van der Waals surface area (Å²) in [5.74, 6) is 0.918. The topological polar surface area (TPSA) is 76.3 Å². The molecule has 0 amide bonds. The van der Waals surface area contributed by atoms with Gasteiger partial charge < -0.3 is 4.52 Å². The predicted octanol–water partition coefficient (Wildman–Crippen LogP) is 4.33. The van der Waals surface area contributed by atoms with E-state index in [0.29, 0.717) is 35.4 Å². The van der Waals surface area contributed by atoms with Crippen LogP contribution < -0.4 is 0 Å². The number of piperidine rings is 1. The maximum absolute atomic E-state index is 13.1. The lowest BCUT2D eigenvalue weighted by atomic mass is 10.00. The van der Waals surface area contributed by atoms with Crippen LogP contribution in [0.2, 0.25) is 5.02 Å². The number of benzene rings is 1. The van der Waals surface area contributed by atoms with E-state index in [0.717, 1.165) is 17.7 Å². The van der Waals surface area contributed by atoms with Crippen LogP contribution in [0, 0.1) is 6.92 Å². The molecule has 1 aromatic carbocycles. The molecule has 0 bridgehead atoms. The number of aromatic nitrogens is 2. The molecule has 27 heavy (non-hydrogen) atoms. The van der Waals surface area contributed by atoms with Gasteiger partial charge in [0.2, 0.25) is 21.7 Å². The molecule has 0 N–H and O–H groups in total. The summed E-state index contributed by atoms with van der Waals surface area (Å²) >= 11 is 7.56. The minimum atomic E-state index is -3.63. The molecule has 1 aliphatic heterocycles. The van der Waals surface area contributed by atoms with Gasteiger partial charge in [0, 0.05) is 18.1 Å². The molecule has 9 heteroatoms. The van der Waals surface area contributed by atoms with E-state index >= 15 is 0 Å². The van der Waals surface area contributed by atoms with Crippen molar-refractivity contribution in [2.45, 2.75) is 30.6 Å². The molecule has 2 aromatic heterocycles. The van der Waals surface area contributed by atoms with E-state index in [1.54, 1.807) is 19.1 Å². The lowest BCUT2D eigenvalue weighted by Gasteiger charge is -2.30. The standard InChI is InChI=1S/C18H18ClN3O3S2/c1-12-6-7-14(19)10-16(12)27(23,24)22-8-2-4-13(11-22)18-20-17(21-25-18)15-5-3-9-26-15/h3,5-7,9-10,13H,2,4,8,11H2,1H3/t13-/m1/s1. The Morgan fingerprint density at radius 1 is 1.33 bits per heavy atom. The molecular weight excluding hydrogens is 406 g/mol. The predicted molar refractivity (Wildman–Crippen MR) is 105 cm³/mol. The Morgan fingerprint density at radius 3 is 2.96 bits per heavy atom. The van der Waals surface area contributed by atoms with Crippen LogP contribution in [0.3, 0.4) is 0 Å². The van der Waals surface area contributed by atoms with Gasteiger partial charge in [0.05, 0.1) is 15.7 Å². The van der Waals surface area contributed by atoms with Crippen LogP contribution in [0.5, 0.6) is 0 Å². The Kier molecular flexibility index (Phi) is 5.07. The second-order valence-electron chi connectivity index (χ2n) is 6.55. The van der Waals surface area contributed by atoms with Crippen molar-refractivity contribution in [2.24, 2.45) is 0 Å². The van der Waals surface area contributed by atoms with Crippen molar-refractivity contribution in [1.82, 2.24) is 14.4 Å². The van der Waals surface area contributed by atoms with Crippen LogP contribution in [-0.2, 0) is 10.0 Å². The number of nitrogens with zero attached hydrogens (tertiary/aromatic N) is 3. The highest BCUT2D eigenvalue weighted by atomic mass is 35.5. The van der Waals surface area contributed by atoms with Crippen LogP contribution in [0.1, 0.15) is 30.2 Å². The van der Waals surface area contributed by atoms with Crippen LogP contribution >= 0.6 is 22.9 Å². The van der Waals surface area contributed by atoms with Crippen LogP contribution in [-0.4, -0.2) is 36.0 Å². The van der Waals surface area contributed by atoms with Gasteiger partial charge in [0.25, 0.3) is 0 Å². The second-order valence-corrected chi connectivity index (χ2v) is 9.84. The first-order valence-electron chi connectivity index (χ1n) is 8.59. The average Bonchev–Trinajstić information content (AvgIpc) is 3.35. The van der Waals surface area contributed by atoms with E-state index in [1.165, 1.54) is 21.7 Å². The van der Waals surface area contributed by atoms with Crippen LogP contribution in [0.15, 0.2) is 45.1 Å². The monoisotopic (exact) mass is 423 g/mol. The highest BCUT2D eigenvalue weighted by molar-refractivity contribution is 7.89. The van der Waals surface area contributed by atoms with E-state index in [1.807, 2.05) is 17.5 Å². The molecular formula is C18H18ClN3O3S2. The van der Waals surface area contributed by atoms with Gasteiger partial charge in [-0.3, -0.25) is 0 Å². The van der Waals surface area contributed by atoms with Crippen molar-refractivity contribution in [3.63, 3.8) is 0 Å². The first-order valence-corrected chi connectivity index (χ1v) is 11.3. The summed E-state index contributed by atoms with van der Waals surface area (Å²) in [5, 5.41) is 6.40. The molecule has 1 aliphatic rings. The van der Waals surface area contributed by atoms with E-state index in [4.69, 9.17) is 16.1 Å². The van der Waals surface area contributed by atoms with Gasteiger partial charge in [-0.25, -0.2) is 8.42 Å². The van der Waals surface area contributed by atoms with Crippen LogP contribution in [0.4, 0.5) is 0 Å². The highest BCUT2D eigenvalue weighted by Crippen LogP contribution is 2.32. The molecule has 0 saturated carbocycles. The minimum Gasteiger partial charge on any atom is -0.339 e. The van der Waals surface area contributed by atoms with Crippen LogP contribution in [0.25, 0.3) is 10.7 Å². The van der Waals surface area contributed by atoms with Gasteiger partial charge in [-0.2, -0.15) is 9.29 Å². The number of hydrogen-bond donors (Lipinski definition) is 0. The fourth-order valence-electron chi connectivity index (χ4n) is 3.26. The third kappa shape index (κ3) is 3.67. The van der Waals surface area contributed by atoms with Gasteiger partial charge in [-0.05, 0) is 48.9 Å². The van der Waals surface area contributed by atoms with Crippen molar-refractivity contribution in [3.05, 3.63) is 52.2 Å². The summed E-state index contributed by atoms with van der Waals surface area (Å²) in [6.45, 7) is 2.56.